The zero-order valence-corrected chi connectivity index (χ0v) is 16.4. The molecule has 1 N–H and O–H groups in total. The molecule has 0 unspecified atom stereocenters. The summed E-state index contributed by atoms with van der Waals surface area (Å²) in [6.07, 6.45) is 6.39. The van der Waals surface area contributed by atoms with E-state index in [9.17, 15) is 9.59 Å². The summed E-state index contributed by atoms with van der Waals surface area (Å²) >= 11 is 0. The van der Waals surface area contributed by atoms with Gasteiger partial charge in [0.05, 0.1) is 11.1 Å². The van der Waals surface area contributed by atoms with Gasteiger partial charge in [0, 0.05) is 43.8 Å². The van der Waals surface area contributed by atoms with Crippen molar-refractivity contribution in [2.75, 3.05) is 20.3 Å². The molecule has 0 saturated heterocycles. The van der Waals surface area contributed by atoms with Crippen LogP contribution in [0.25, 0.3) is 10.9 Å². The summed E-state index contributed by atoms with van der Waals surface area (Å²) in [7, 11) is 1.65. The van der Waals surface area contributed by atoms with Crippen molar-refractivity contribution in [3.63, 3.8) is 0 Å². The van der Waals surface area contributed by atoms with Crippen LogP contribution in [0.1, 0.15) is 64.9 Å². The van der Waals surface area contributed by atoms with E-state index in [4.69, 9.17) is 4.74 Å². The molecule has 148 valence electrons. The Morgan fingerprint density at radius 1 is 1.25 bits per heavy atom. The van der Waals surface area contributed by atoms with Gasteiger partial charge in [0.1, 0.15) is 5.69 Å². The van der Waals surface area contributed by atoms with E-state index in [1.165, 1.54) is 6.42 Å². The lowest BCUT2D eigenvalue weighted by atomic mass is 9.94. The zero-order chi connectivity index (χ0) is 19.5. The Morgan fingerprint density at radius 3 is 2.82 bits per heavy atom. The van der Waals surface area contributed by atoms with E-state index in [-0.39, 0.29) is 17.9 Å². The number of rotatable bonds is 6. The Kier molecular flexibility index (Phi) is 5.57. The summed E-state index contributed by atoms with van der Waals surface area (Å²) in [4.78, 5) is 32.8. The third-order valence-electron chi connectivity index (χ3n) is 5.84. The lowest BCUT2D eigenvalue weighted by Crippen LogP contribution is -2.37. The van der Waals surface area contributed by atoms with Crippen LogP contribution in [-0.4, -0.2) is 48.0 Å². The summed E-state index contributed by atoms with van der Waals surface area (Å²) in [5.41, 5.74) is 2.52. The van der Waals surface area contributed by atoms with Gasteiger partial charge in [-0.25, -0.2) is 4.98 Å². The quantitative estimate of drug-likeness (QED) is 0.780. The fraction of sp³-hybridized carbons (Fsp3) is 0.500. The molecule has 28 heavy (non-hydrogen) atoms. The molecule has 1 aromatic carbocycles. The van der Waals surface area contributed by atoms with Gasteiger partial charge in [0.25, 0.3) is 11.8 Å². The van der Waals surface area contributed by atoms with E-state index in [0.717, 1.165) is 43.1 Å². The summed E-state index contributed by atoms with van der Waals surface area (Å²) in [6.45, 7) is 1.62. The third kappa shape index (κ3) is 3.49. The van der Waals surface area contributed by atoms with E-state index >= 15 is 0 Å². The predicted octanol–water partition coefficient (Wildman–Crippen LogP) is 3.29. The zero-order valence-electron chi connectivity index (χ0n) is 16.4. The Balaban J connectivity index is 1.69. The fourth-order valence-electron chi connectivity index (χ4n) is 4.41. The molecule has 0 atom stereocenters. The molecule has 1 aromatic heterocycles. The van der Waals surface area contributed by atoms with Gasteiger partial charge in [-0.1, -0.05) is 37.5 Å². The van der Waals surface area contributed by atoms with Crippen LogP contribution in [-0.2, 0) is 11.3 Å². The van der Waals surface area contributed by atoms with Crippen molar-refractivity contribution in [2.24, 2.45) is 0 Å². The fourth-order valence-corrected chi connectivity index (χ4v) is 4.41. The number of hydrogen-bond acceptors (Lipinski definition) is 4. The smallest absolute Gasteiger partial charge is 0.273 e. The Morgan fingerprint density at radius 2 is 2.04 bits per heavy atom. The molecule has 1 aliphatic carbocycles. The predicted molar refractivity (Wildman–Crippen MR) is 107 cm³/mol. The average molecular weight is 381 g/mol. The van der Waals surface area contributed by atoms with Gasteiger partial charge in [0.15, 0.2) is 0 Å². The molecule has 2 aliphatic rings. The monoisotopic (exact) mass is 381 g/mol. The maximum Gasteiger partial charge on any atom is 0.273 e. The number of nitrogens with zero attached hydrogens (tertiary/aromatic N) is 2. The molecule has 2 heterocycles. The molecule has 4 rings (SSSR count). The van der Waals surface area contributed by atoms with Crippen LogP contribution in [0.4, 0.5) is 0 Å². The second kappa shape index (κ2) is 8.27. The maximum absolute atomic E-state index is 13.1. The first kappa shape index (κ1) is 18.9. The topological polar surface area (TPSA) is 71.5 Å². The largest absolute Gasteiger partial charge is 0.385 e. The van der Waals surface area contributed by atoms with Gasteiger partial charge in [-0.3, -0.25) is 9.59 Å². The van der Waals surface area contributed by atoms with E-state index < -0.39 is 0 Å². The maximum atomic E-state index is 13.1. The second-order valence-electron chi connectivity index (χ2n) is 7.66. The van der Waals surface area contributed by atoms with Crippen molar-refractivity contribution in [3.05, 3.63) is 41.1 Å². The molecule has 0 radical (unpaired) electrons. The number of carbonyl (C=O) groups excluding carboxylic acids is 2. The summed E-state index contributed by atoms with van der Waals surface area (Å²) in [6, 6.07) is 7.85. The van der Waals surface area contributed by atoms with Crippen molar-refractivity contribution in [3.8, 4) is 0 Å². The number of ether oxygens (including phenoxy) is 1. The first-order chi connectivity index (χ1) is 13.7. The van der Waals surface area contributed by atoms with Crippen LogP contribution < -0.4 is 5.32 Å². The summed E-state index contributed by atoms with van der Waals surface area (Å²) in [5, 5.41) is 3.80. The van der Waals surface area contributed by atoms with E-state index in [0.29, 0.717) is 36.5 Å². The van der Waals surface area contributed by atoms with Gasteiger partial charge in [-0.2, -0.15) is 0 Å². The molecular weight excluding hydrogens is 354 g/mol. The summed E-state index contributed by atoms with van der Waals surface area (Å²) < 4.78 is 5.06. The number of fused-ring (bicyclic) bond motifs is 2. The third-order valence-corrected chi connectivity index (χ3v) is 5.84. The minimum absolute atomic E-state index is 0.0268. The standard InChI is InChI=1S/C22H27N3O3/c1-28-13-7-12-23-21(26)19-16-10-5-6-11-18(16)24-20-17(19)14-25(22(20)27)15-8-3-2-4-9-15/h5-6,10-11,15H,2-4,7-9,12-14H2,1H3,(H,23,26). The number of benzene rings is 1. The van der Waals surface area contributed by atoms with Gasteiger partial charge in [-0.15, -0.1) is 0 Å². The van der Waals surface area contributed by atoms with Gasteiger partial charge in [-0.05, 0) is 25.3 Å². The Hall–Kier alpha value is -2.47. The van der Waals surface area contributed by atoms with Crippen LogP contribution in [0.5, 0.6) is 0 Å². The highest BCUT2D eigenvalue weighted by molar-refractivity contribution is 6.11. The van der Waals surface area contributed by atoms with Gasteiger partial charge in [0.2, 0.25) is 0 Å². The van der Waals surface area contributed by atoms with E-state index in [2.05, 4.69) is 10.3 Å². The number of amides is 2. The molecule has 1 aliphatic heterocycles. The number of carbonyl (C=O) groups is 2. The minimum Gasteiger partial charge on any atom is -0.385 e. The number of nitrogens with one attached hydrogen (secondary N) is 1. The summed E-state index contributed by atoms with van der Waals surface area (Å²) in [5.74, 6) is -0.162. The van der Waals surface area contributed by atoms with Crippen molar-refractivity contribution in [1.82, 2.24) is 15.2 Å². The van der Waals surface area contributed by atoms with Crippen LogP contribution >= 0.6 is 0 Å². The van der Waals surface area contributed by atoms with Crippen molar-refractivity contribution in [1.29, 1.82) is 0 Å². The van der Waals surface area contributed by atoms with Gasteiger partial charge < -0.3 is 15.0 Å². The lowest BCUT2D eigenvalue weighted by molar-refractivity contribution is 0.0655. The molecule has 6 heteroatoms. The van der Waals surface area contributed by atoms with E-state index in [1.807, 2.05) is 29.2 Å². The highest BCUT2D eigenvalue weighted by Gasteiger charge is 2.37. The molecule has 0 bridgehead atoms. The van der Waals surface area contributed by atoms with E-state index in [1.54, 1.807) is 7.11 Å². The molecule has 0 spiro atoms. The van der Waals surface area contributed by atoms with Crippen LogP contribution in [0.15, 0.2) is 24.3 Å². The molecule has 2 aromatic rings. The normalized spacial score (nSPS) is 17.2. The van der Waals surface area contributed by atoms with Crippen LogP contribution in [0.3, 0.4) is 0 Å². The Labute approximate surface area is 165 Å². The Bertz CT molecular complexity index is 890. The van der Waals surface area contributed by atoms with Crippen molar-refractivity contribution >= 4 is 22.7 Å². The number of hydrogen-bond donors (Lipinski definition) is 1. The highest BCUT2D eigenvalue weighted by atomic mass is 16.5. The average Bonchev–Trinajstić information content (AvgIpc) is 3.06. The van der Waals surface area contributed by atoms with Gasteiger partial charge >= 0.3 is 0 Å². The number of methoxy groups -OCH3 is 1. The molecule has 2 amide bonds. The number of para-hydroxylation sites is 1. The van der Waals surface area contributed by atoms with Crippen LogP contribution in [0.2, 0.25) is 0 Å². The highest BCUT2D eigenvalue weighted by Crippen LogP contribution is 2.34. The molecular formula is C22H27N3O3. The van der Waals surface area contributed by atoms with Crippen LogP contribution in [0, 0.1) is 0 Å². The van der Waals surface area contributed by atoms with Crippen molar-refractivity contribution in [2.45, 2.75) is 51.1 Å². The number of pyridine rings is 1. The lowest BCUT2D eigenvalue weighted by Gasteiger charge is -2.30. The second-order valence-corrected chi connectivity index (χ2v) is 7.66. The first-order valence-electron chi connectivity index (χ1n) is 10.2. The molecule has 6 nitrogen and oxygen atoms in total. The molecule has 1 saturated carbocycles. The minimum atomic E-state index is -0.135. The molecule has 1 fully saturated rings. The SMILES string of the molecule is COCCCNC(=O)c1c2c(nc3ccccc13)C(=O)N(C1CCCCC1)C2. The van der Waals surface area contributed by atoms with Crippen molar-refractivity contribution < 1.29 is 14.3 Å². The first-order valence-corrected chi connectivity index (χ1v) is 10.2. The number of aromatic nitrogens is 1.